The van der Waals surface area contributed by atoms with Crippen LogP contribution in [0.15, 0.2) is 29.6 Å². The van der Waals surface area contributed by atoms with Crippen molar-refractivity contribution in [2.45, 2.75) is 32.3 Å². The van der Waals surface area contributed by atoms with Crippen molar-refractivity contribution in [3.05, 3.63) is 40.3 Å². The van der Waals surface area contributed by atoms with Gasteiger partial charge in [0.2, 0.25) is 5.95 Å². The van der Waals surface area contributed by atoms with Crippen LogP contribution < -0.4 is 4.90 Å². The number of H-pyrrole nitrogens is 1. The number of aromatic nitrogens is 3. The van der Waals surface area contributed by atoms with E-state index in [1.807, 2.05) is 18.2 Å². The van der Waals surface area contributed by atoms with Crippen molar-refractivity contribution in [2.75, 3.05) is 24.6 Å². The summed E-state index contributed by atoms with van der Waals surface area (Å²) in [5.41, 5.74) is 3.27. The average molecular weight is 342 g/mol. The third-order valence-corrected chi connectivity index (χ3v) is 5.25. The SMILES string of the molecule is CC(C)(C)c1csc(C2CN(c3nc4ccccc4[nH]3)CCO2)n1. The number of thiazole rings is 1. The Hall–Kier alpha value is -1.92. The van der Waals surface area contributed by atoms with Gasteiger partial charge < -0.3 is 14.6 Å². The molecule has 1 aliphatic rings. The summed E-state index contributed by atoms with van der Waals surface area (Å²) in [4.78, 5) is 15.2. The number of nitrogens with one attached hydrogen (secondary N) is 1. The topological polar surface area (TPSA) is 54.0 Å². The van der Waals surface area contributed by atoms with Crippen LogP contribution in [0, 0.1) is 0 Å². The van der Waals surface area contributed by atoms with Gasteiger partial charge in [0.1, 0.15) is 11.1 Å². The first-order chi connectivity index (χ1) is 11.5. The Morgan fingerprint density at radius 2 is 2.08 bits per heavy atom. The summed E-state index contributed by atoms with van der Waals surface area (Å²) in [6.07, 6.45) is 0.00747. The molecule has 0 amide bonds. The molecule has 1 N–H and O–H groups in total. The largest absolute Gasteiger partial charge is 0.367 e. The van der Waals surface area contributed by atoms with Crippen LogP contribution in [0.4, 0.5) is 5.95 Å². The van der Waals surface area contributed by atoms with Gasteiger partial charge in [0, 0.05) is 17.3 Å². The minimum atomic E-state index is 0.00747. The molecule has 1 fully saturated rings. The van der Waals surface area contributed by atoms with Crippen LogP contribution >= 0.6 is 11.3 Å². The van der Waals surface area contributed by atoms with E-state index in [0.29, 0.717) is 6.61 Å². The fourth-order valence-electron chi connectivity index (χ4n) is 2.86. The quantitative estimate of drug-likeness (QED) is 0.767. The van der Waals surface area contributed by atoms with Gasteiger partial charge in [0.05, 0.1) is 29.9 Å². The number of para-hydroxylation sites is 2. The molecular weight excluding hydrogens is 320 g/mol. The van der Waals surface area contributed by atoms with Crippen LogP contribution in [0.2, 0.25) is 0 Å². The molecule has 5 nitrogen and oxygen atoms in total. The third-order valence-electron chi connectivity index (χ3n) is 4.31. The number of hydrogen-bond donors (Lipinski definition) is 1. The minimum Gasteiger partial charge on any atom is -0.367 e. The lowest BCUT2D eigenvalue weighted by atomic mass is 9.93. The van der Waals surface area contributed by atoms with E-state index in [1.165, 1.54) is 0 Å². The highest BCUT2D eigenvalue weighted by molar-refractivity contribution is 7.09. The fraction of sp³-hybridized carbons (Fsp3) is 0.444. The predicted octanol–water partition coefficient (Wildman–Crippen LogP) is 3.89. The Balaban J connectivity index is 1.56. The summed E-state index contributed by atoms with van der Waals surface area (Å²) in [6.45, 7) is 8.87. The van der Waals surface area contributed by atoms with E-state index in [4.69, 9.17) is 14.7 Å². The van der Waals surface area contributed by atoms with Gasteiger partial charge in [-0.1, -0.05) is 32.9 Å². The van der Waals surface area contributed by atoms with Crippen LogP contribution in [0.1, 0.15) is 37.6 Å². The summed E-state index contributed by atoms with van der Waals surface area (Å²) in [5, 5.41) is 3.21. The molecule has 0 aliphatic carbocycles. The van der Waals surface area contributed by atoms with E-state index in [1.54, 1.807) is 11.3 Å². The van der Waals surface area contributed by atoms with E-state index in [0.717, 1.165) is 40.8 Å². The Bertz CT molecular complexity index is 815. The van der Waals surface area contributed by atoms with Gasteiger partial charge in [-0.15, -0.1) is 11.3 Å². The minimum absolute atomic E-state index is 0.00747. The zero-order chi connectivity index (χ0) is 16.7. The van der Waals surface area contributed by atoms with Crippen molar-refractivity contribution in [2.24, 2.45) is 0 Å². The average Bonchev–Trinajstić information content (AvgIpc) is 3.21. The van der Waals surface area contributed by atoms with Crippen molar-refractivity contribution in [3.8, 4) is 0 Å². The Morgan fingerprint density at radius 3 is 2.83 bits per heavy atom. The van der Waals surface area contributed by atoms with Gasteiger partial charge in [0.15, 0.2) is 0 Å². The number of ether oxygens (including phenoxy) is 1. The molecule has 1 atom stereocenters. The summed E-state index contributed by atoms with van der Waals surface area (Å²) in [7, 11) is 0. The van der Waals surface area contributed by atoms with E-state index in [9.17, 15) is 0 Å². The fourth-order valence-corrected chi connectivity index (χ4v) is 3.94. The number of benzene rings is 1. The lowest BCUT2D eigenvalue weighted by Crippen LogP contribution is -2.39. The van der Waals surface area contributed by atoms with Crippen molar-refractivity contribution in [1.29, 1.82) is 0 Å². The van der Waals surface area contributed by atoms with Crippen molar-refractivity contribution >= 4 is 28.3 Å². The molecular formula is C18H22N4OS. The van der Waals surface area contributed by atoms with Gasteiger partial charge in [-0.3, -0.25) is 0 Å². The second-order valence-corrected chi connectivity index (χ2v) is 8.09. The summed E-state index contributed by atoms with van der Waals surface area (Å²) in [6, 6.07) is 8.12. The number of hydrogen-bond acceptors (Lipinski definition) is 5. The van der Waals surface area contributed by atoms with Crippen molar-refractivity contribution in [3.63, 3.8) is 0 Å². The number of anilines is 1. The van der Waals surface area contributed by atoms with Crippen LogP contribution in [0.25, 0.3) is 11.0 Å². The number of nitrogens with zero attached hydrogens (tertiary/aromatic N) is 3. The maximum atomic E-state index is 5.98. The molecule has 3 aromatic rings. The standard InChI is InChI=1S/C18H22N4OS/c1-18(2,3)15-11-24-16(21-15)14-10-22(8-9-23-14)17-19-12-6-4-5-7-13(12)20-17/h4-7,11,14H,8-10H2,1-3H3,(H,19,20). The monoisotopic (exact) mass is 342 g/mol. The lowest BCUT2D eigenvalue weighted by molar-refractivity contribution is 0.0390. The molecule has 0 bridgehead atoms. The number of morpholine rings is 1. The highest BCUT2D eigenvalue weighted by Crippen LogP contribution is 2.31. The summed E-state index contributed by atoms with van der Waals surface area (Å²) < 4.78 is 5.98. The Morgan fingerprint density at radius 1 is 1.25 bits per heavy atom. The second kappa shape index (κ2) is 5.86. The molecule has 1 aliphatic heterocycles. The molecule has 24 heavy (non-hydrogen) atoms. The Kier molecular flexibility index (Phi) is 3.81. The van der Waals surface area contributed by atoms with Gasteiger partial charge in [-0.05, 0) is 12.1 Å². The molecule has 0 radical (unpaired) electrons. The zero-order valence-corrected chi connectivity index (χ0v) is 15.1. The molecule has 3 heterocycles. The van der Waals surface area contributed by atoms with Gasteiger partial charge in [0.25, 0.3) is 0 Å². The highest BCUT2D eigenvalue weighted by Gasteiger charge is 2.27. The maximum absolute atomic E-state index is 5.98. The van der Waals surface area contributed by atoms with Crippen molar-refractivity contribution in [1.82, 2.24) is 15.0 Å². The van der Waals surface area contributed by atoms with Crippen LogP contribution in [-0.4, -0.2) is 34.6 Å². The molecule has 2 aromatic heterocycles. The molecule has 126 valence electrons. The number of aromatic amines is 1. The first kappa shape index (κ1) is 15.6. The summed E-state index contributed by atoms with van der Waals surface area (Å²) >= 11 is 1.69. The predicted molar refractivity (Wildman–Crippen MR) is 97.8 cm³/mol. The molecule has 1 aromatic carbocycles. The zero-order valence-electron chi connectivity index (χ0n) is 14.2. The van der Waals surface area contributed by atoms with E-state index in [2.05, 4.69) is 42.1 Å². The number of rotatable bonds is 2. The van der Waals surface area contributed by atoms with Crippen LogP contribution in [0.5, 0.6) is 0 Å². The summed E-state index contributed by atoms with van der Waals surface area (Å²) in [5.74, 6) is 0.914. The smallest absolute Gasteiger partial charge is 0.204 e. The molecule has 6 heteroatoms. The van der Waals surface area contributed by atoms with Gasteiger partial charge in [-0.25, -0.2) is 9.97 Å². The second-order valence-electron chi connectivity index (χ2n) is 7.20. The van der Waals surface area contributed by atoms with E-state index >= 15 is 0 Å². The number of fused-ring (bicyclic) bond motifs is 1. The normalized spacial score (nSPS) is 19.1. The molecule has 0 saturated carbocycles. The third kappa shape index (κ3) is 2.91. The number of imidazole rings is 1. The maximum Gasteiger partial charge on any atom is 0.204 e. The molecule has 1 saturated heterocycles. The highest BCUT2D eigenvalue weighted by atomic mass is 32.1. The van der Waals surface area contributed by atoms with E-state index in [-0.39, 0.29) is 11.5 Å². The van der Waals surface area contributed by atoms with Gasteiger partial charge >= 0.3 is 0 Å². The van der Waals surface area contributed by atoms with Crippen LogP contribution in [-0.2, 0) is 10.2 Å². The first-order valence-electron chi connectivity index (χ1n) is 8.28. The Labute approximate surface area is 145 Å². The molecule has 4 rings (SSSR count). The van der Waals surface area contributed by atoms with E-state index < -0.39 is 0 Å². The first-order valence-corrected chi connectivity index (χ1v) is 9.16. The van der Waals surface area contributed by atoms with Gasteiger partial charge in [-0.2, -0.15) is 0 Å². The van der Waals surface area contributed by atoms with Crippen molar-refractivity contribution < 1.29 is 4.74 Å². The van der Waals surface area contributed by atoms with Crippen LogP contribution in [0.3, 0.4) is 0 Å². The molecule has 0 spiro atoms. The lowest BCUT2D eigenvalue weighted by Gasteiger charge is -2.31. The molecule has 1 unspecified atom stereocenters.